The molecule has 3 aromatic rings. The Bertz CT molecular complexity index is 1350. The third-order valence-electron chi connectivity index (χ3n) is 6.52. The molecule has 0 spiro atoms. The molecule has 1 fully saturated rings. The van der Waals surface area contributed by atoms with Crippen molar-refractivity contribution >= 4 is 23.1 Å². The largest absolute Gasteiger partial charge is 0.507 e. The molecule has 6 nitrogen and oxygen atoms in total. The monoisotopic (exact) mass is 469 g/mol. The summed E-state index contributed by atoms with van der Waals surface area (Å²) in [5.74, 6) is -0.210. The number of ketones is 1. The Morgan fingerprint density at radius 3 is 2.54 bits per heavy atom. The third-order valence-corrected chi connectivity index (χ3v) is 6.52. The number of aliphatic hydroxyl groups excluding tert-OH is 1. The Kier molecular flexibility index (Phi) is 5.81. The lowest BCUT2D eigenvalue weighted by molar-refractivity contribution is -0.132. The standard InChI is InChI=1S/C29H27NO5/c1-17-12-18(2)14-22(13-17)30-26(20-6-4-8-23(16-20)34-3)25(28(32)29(30)33)27(31)21-9-10-24-19(15-21)7-5-11-35-24/h4,6,8-10,12-16,26,31H,5,7,11H2,1-3H3/b27-25-. The molecule has 3 aromatic carbocycles. The maximum atomic E-state index is 13.4. The van der Waals surface area contributed by atoms with Crippen LogP contribution in [0.5, 0.6) is 11.5 Å². The summed E-state index contributed by atoms with van der Waals surface area (Å²) in [6.07, 6.45) is 1.71. The number of amides is 1. The van der Waals surface area contributed by atoms with Gasteiger partial charge in [-0.3, -0.25) is 14.5 Å². The first-order valence-electron chi connectivity index (χ1n) is 11.7. The molecule has 0 aliphatic carbocycles. The first-order valence-corrected chi connectivity index (χ1v) is 11.7. The Morgan fingerprint density at radius 1 is 1.03 bits per heavy atom. The lowest BCUT2D eigenvalue weighted by Gasteiger charge is -2.26. The van der Waals surface area contributed by atoms with Crippen LogP contribution in [0, 0.1) is 13.8 Å². The molecule has 1 N–H and O–H groups in total. The van der Waals surface area contributed by atoms with Crippen LogP contribution >= 0.6 is 0 Å². The second-order valence-corrected chi connectivity index (χ2v) is 9.07. The van der Waals surface area contributed by atoms with Gasteiger partial charge in [0, 0.05) is 11.3 Å². The zero-order valence-corrected chi connectivity index (χ0v) is 20.0. The molecular weight excluding hydrogens is 442 g/mol. The Labute approximate surface area is 204 Å². The minimum absolute atomic E-state index is 0.0547. The van der Waals surface area contributed by atoms with Crippen molar-refractivity contribution in [2.75, 3.05) is 18.6 Å². The van der Waals surface area contributed by atoms with Crippen LogP contribution in [0.4, 0.5) is 5.69 Å². The van der Waals surface area contributed by atoms with Gasteiger partial charge in [0.15, 0.2) is 0 Å². The Morgan fingerprint density at radius 2 is 1.80 bits per heavy atom. The summed E-state index contributed by atoms with van der Waals surface area (Å²) in [4.78, 5) is 28.3. The van der Waals surface area contributed by atoms with E-state index in [2.05, 4.69) is 0 Å². The molecule has 2 heterocycles. The van der Waals surface area contributed by atoms with E-state index in [1.807, 2.05) is 56.3 Å². The minimum atomic E-state index is -0.807. The van der Waals surface area contributed by atoms with E-state index in [0.29, 0.717) is 29.2 Å². The van der Waals surface area contributed by atoms with Crippen molar-refractivity contribution in [3.63, 3.8) is 0 Å². The van der Waals surface area contributed by atoms with E-state index in [0.717, 1.165) is 35.3 Å². The summed E-state index contributed by atoms with van der Waals surface area (Å²) in [7, 11) is 1.56. The second-order valence-electron chi connectivity index (χ2n) is 9.07. The number of rotatable bonds is 4. The van der Waals surface area contributed by atoms with Crippen LogP contribution in [0.3, 0.4) is 0 Å². The number of ether oxygens (including phenoxy) is 2. The summed E-state index contributed by atoms with van der Waals surface area (Å²) < 4.78 is 11.1. The molecule has 0 saturated carbocycles. The highest BCUT2D eigenvalue weighted by Crippen LogP contribution is 2.43. The number of hydrogen-bond acceptors (Lipinski definition) is 5. The molecule has 2 aliphatic rings. The smallest absolute Gasteiger partial charge is 0.300 e. The maximum absolute atomic E-state index is 13.4. The van der Waals surface area contributed by atoms with Gasteiger partial charge in [-0.1, -0.05) is 18.2 Å². The molecule has 0 radical (unpaired) electrons. The quantitative estimate of drug-likeness (QED) is 0.320. The molecule has 0 bridgehead atoms. The minimum Gasteiger partial charge on any atom is -0.507 e. The average molecular weight is 470 g/mol. The van der Waals surface area contributed by atoms with Gasteiger partial charge in [-0.25, -0.2) is 0 Å². The number of Topliss-reactive ketones (excluding diaryl/α,β-unsaturated/α-hetero) is 1. The number of nitrogens with zero attached hydrogens (tertiary/aromatic N) is 1. The highest BCUT2D eigenvalue weighted by molar-refractivity contribution is 6.51. The van der Waals surface area contributed by atoms with E-state index in [9.17, 15) is 14.7 Å². The second kappa shape index (κ2) is 8.95. The predicted octanol–water partition coefficient (Wildman–Crippen LogP) is 5.26. The van der Waals surface area contributed by atoms with E-state index in [1.54, 1.807) is 25.3 Å². The van der Waals surface area contributed by atoms with E-state index in [1.165, 1.54) is 4.90 Å². The maximum Gasteiger partial charge on any atom is 0.300 e. The summed E-state index contributed by atoms with van der Waals surface area (Å²) in [5, 5.41) is 11.4. The number of benzene rings is 3. The first kappa shape index (κ1) is 22.7. The number of aryl methyl sites for hydroxylation is 3. The van der Waals surface area contributed by atoms with Gasteiger partial charge in [0.05, 0.1) is 25.3 Å². The van der Waals surface area contributed by atoms with Gasteiger partial charge in [-0.2, -0.15) is 0 Å². The van der Waals surface area contributed by atoms with E-state index >= 15 is 0 Å². The van der Waals surface area contributed by atoms with Crippen LogP contribution in [0.2, 0.25) is 0 Å². The van der Waals surface area contributed by atoms with Crippen LogP contribution < -0.4 is 14.4 Å². The molecule has 178 valence electrons. The molecule has 5 rings (SSSR count). The van der Waals surface area contributed by atoms with E-state index in [-0.39, 0.29) is 11.3 Å². The summed E-state index contributed by atoms with van der Waals surface area (Å²) in [6.45, 7) is 4.56. The zero-order valence-electron chi connectivity index (χ0n) is 20.0. The normalized spacial score (nSPS) is 18.8. The number of hydrogen-bond donors (Lipinski definition) is 1. The average Bonchev–Trinajstić information content (AvgIpc) is 3.13. The molecule has 1 saturated heterocycles. The van der Waals surface area contributed by atoms with Gasteiger partial charge in [0.25, 0.3) is 11.7 Å². The van der Waals surface area contributed by atoms with Crippen LogP contribution in [-0.4, -0.2) is 30.5 Å². The molecule has 0 aromatic heterocycles. The summed E-state index contributed by atoms with van der Waals surface area (Å²) in [5.41, 5.74) is 4.74. The number of fused-ring (bicyclic) bond motifs is 1. The zero-order chi connectivity index (χ0) is 24.7. The van der Waals surface area contributed by atoms with E-state index in [4.69, 9.17) is 9.47 Å². The first-order chi connectivity index (χ1) is 16.9. The lowest BCUT2D eigenvalue weighted by atomic mass is 9.93. The van der Waals surface area contributed by atoms with Crippen molar-refractivity contribution in [2.24, 2.45) is 0 Å². The highest BCUT2D eigenvalue weighted by Gasteiger charge is 2.47. The van der Waals surface area contributed by atoms with Crippen molar-refractivity contribution in [1.29, 1.82) is 0 Å². The van der Waals surface area contributed by atoms with Crippen LogP contribution in [0.15, 0.2) is 66.2 Å². The summed E-state index contributed by atoms with van der Waals surface area (Å²) in [6, 6.07) is 17.6. The van der Waals surface area contributed by atoms with Crippen molar-refractivity contribution in [3.8, 4) is 11.5 Å². The van der Waals surface area contributed by atoms with Crippen LogP contribution in [0.1, 0.15) is 40.3 Å². The highest BCUT2D eigenvalue weighted by atomic mass is 16.5. The third kappa shape index (κ3) is 4.05. The lowest BCUT2D eigenvalue weighted by Crippen LogP contribution is -2.29. The van der Waals surface area contributed by atoms with Gasteiger partial charge in [-0.15, -0.1) is 0 Å². The van der Waals surface area contributed by atoms with Crippen LogP contribution in [0.25, 0.3) is 5.76 Å². The molecule has 35 heavy (non-hydrogen) atoms. The van der Waals surface area contributed by atoms with Crippen molar-refractivity contribution in [3.05, 3.63) is 94.1 Å². The Hall–Kier alpha value is -4.06. The predicted molar refractivity (Wildman–Crippen MR) is 134 cm³/mol. The van der Waals surface area contributed by atoms with Gasteiger partial charge >= 0.3 is 0 Å². The summed E-state index contributed by atoms with van der Waals surface area (Å²) >= 11 is 0. The number of carbonyl (C=O) groups excluding carboxylic acids is 2. The number of aliphatic hydroxyl groups is 1. The van der Waals surface area contributed by atoms with Gasteiger partial charge in [0.1, 0.15) is 17.3 Å². The topological polar surface area (TPSA) is 76.1 Å². The number of anilines is 1. The van der Waals surface area contributed by atoms with Crippen molar-refractivity contribution in [1.82, 2.24) is 0 Å². The Balaban J connectivity index is 1.72. The van der Waals surface area contributed by atoms with Gasteiger partial charge in [-0.05, 0) is 91.4 Å². The molecule has 2 aliphatic heterocycles. The fourth-order valence-corrected chi connectivity index (χ4v) is 4.98. The molecule has 1 unspecified atom stereocenters. The molecule has 1 amide bonds. The molecule has 1 atom stereocenters. The van der Waals surface area contributed by atoms with Crippen molar-refractivity contribution < 1.29 is 24.2 Å². The fraction of sp³-hybridized carbons (Fsp3) is 0.241. The van der Waals surface area contributed by atoms with Crippen molar-refractivity contribution in [2.45, 2.75) is 32.7 Å². The van der Waals surface area contributed by atoms with E-state index < -0.39 is 17.7 Å². The fourth-order valence-electron chi connectivity index (χ4n) is 4.98. The number of carbonyl (C=O) groups is 2. The molecule has 6 heteroatoms. The SMILES string of the molecule is COc1cccc(C2/C(=C(/O)c3ccc4c(c3)CCCO4)C(=O)C(=O)N2c2cc(C)cc(C)c2)c1. The van der Waals surface area contributed by atoms with Crippen LogP contribution in [-0.2, 0) is 16.0 Å². The van der Waals surface area contributed by atoms with Gasteiger partial charge in [0.2, 0.25) is 0 Å². The van der Waals surface area contributed by atoms with Gasteiger partial charge < -0.3 is 14.6 Å². The molecular formula is C29H27NO5. The number of methoxy groups -OCH3 is 1.